The lowest BCUT2D eigenvalue weighted by atomic mass is 10.0. The van der Waals surface area contributed by atoms with E-state index >= 15 is 0 Å². The maximum atomic E-state index is 5.34. The summed E-state index contributed by atoms with van der Waals surface area (Å²) in [7, 11) is 0. The summed E-state index contributed by atoms with van der Waals surface area (Å²) >= 11 is 0. The summed E-state index contributed by atoms with van der Waals surface area (Å²) in [5, 5.41) is 9.85. The molecule has 0 N–H and O–H groups in total. The van der Waals surface area contributed by atoms with Crippen LogP contribution in [0.25, 0.3) is 99.0 Å². The van der Waals surface area contributed by atoms with Gasteiger partial charge in [0, 0.05) is 32.8 Å². The molecule has 0 aliphatic heterocycles. The molecule has 0 unspecified atom stereocenters. The first-order chi connectivity index (χ1) is 24.8. The molecule has 7 aromatic carbocycles. The van der Waals surface area contributed by atoms with E-state index in [4.69, 9.17) is 9.97 Å². The predicted octanol–water partition coefficient (Wildman–Crippen LogP) is 11.8. The molecule has 0 radical (unpaired) electrons. The van der Waals surface area contributed by atoms with Crippen LogP contribution in [0, 0.1) is 0 Å². The number of fused-ring (bicyclic) bond motifs is 12. The van der Waals surface area contributed by atoms with E-state index in [9.17, 15) is 0 Å². The third kappa shape index (κ3) is 3.81. The Morgan fingerprint density at radius 2 is 0.900 bits per heavy atom. The van der Waals surface area contributed by atoms with Crippen molar-refractivity contribution in [2.75, 3.05) is 0 Å². The summed E-state index contributed by atoms with van der Waals surface area (Å²) in [6, 6.07) is 60.6. The van der Waals surface area contributed by atoms with E-state index in [2.05, 4.69) is 161 Å². The zero-order valence-electron chi connectivity index (χ0n) is 27.0. The van der Waals surface area contributed by atoms with Crippen molar-refractivity contribution < 1.29 is 0 Å². The molecule has 50 heavy (non-hydrogen) atoms. The molecule has 0 fully saturated rings. The Morgan fingerprint density at radius 1 is 0.360 bits per heavy atom. The monoisotopic (exact) mass is 636 g/mol. The molecule has 0 atom stereocenters. The highest BCUT2D eigenvalue weighted by Crippen LogP contribution is 2.45. The van der Waals surface area contributed by atoms with Gasteiger partial charge in [-0.2, -0.15) is 0 Å². The Bertz CT molecular complexity index is 3140. The molecule has 0 bridgehead atoms. The van der Waals surface area contributed by atoms with Crippen LogP contribution in [-0.4, -0.2) is 19.1 Å². The third-order valence-electron chi connectivity index (χ3n) is 10.3. The minimum absolute atomic E-state index is 0.861. The first-order valence-corrected chi connectivity index (χ1v) is 17.0. The van der Waals surface area contributed by atoms with Gasteiger partial charge in [0.25, 0.3) is 0 Å². The molecule has 0 saturated carbocycles. The fourth-order valence-electron chi connectivity index (χ4n) is 8.11. The largest absolute Gasteiger partial charge is 0.307 e. The van der Waals surface area contributed by atoms with E-state index in [0.29, 0.717) is 0 Å². The van der Waals surface area contributed by atoms with Crippen LogP contribution in [0.4, 0.5) is 0 Å². The smallest absolute Gasteiger partial charge is 0.138 e. The van der Waals surface area contributed by atoms with Gasteiger partial charge in [0.15, 0.2) is 0 Å². The van der Waals surface area contributed by atoms with Gasteiger partial charge in [0.2, 0.25) is 0 Å². The normalized spacial score (nSPS) is 12.0. The van der Waals surface area contributed by atoms with Crippen molar-refractivity contribution in [1.82, 2.24) is 19.1 Å². The molecule has 4 heterocycles. The van der Waals surface area contributed by atoms with E-state index in [1.807, 2.05) is 18.2 Å². The zero-order chi connectivity index (χ0) is 32.8. The first kappa shape index (κ1) is 27.2. The van der Waals surface area contributed by atoms with Gasteiger partial charge in [0.1, 0.15) is 5.82 Å². The van der Waals surface area contributed by atoms with Crippen LogP contribution >= 0.6 is 0 Å². The molecule has 232 valence electrons. The molecule has 0 spiro atoms. The second-order valence-electron chi connectivity index (χ2n) is 13.0. The molecule has 0 saturated heterocycles. The average molecular weight is 637 g/mol. The Balaban J connectivity index is 1.32. The van der Waals surface area contributed by atoms with Crippen LogP contribution in [0.2, 0.25) is 0 Å². The van der Waals surface area contributed by atoms with Gasteiger partial charge in [-0.3, -0.25) is 4.57 Å². The van der Waals surface area contributed by atoms with Gasteiger partial charge in [-0.05, 0) is 70.1 Å². The summed E-state index contributed by atoms with van der Waals surface area (Å²) in [5.41, 5.74) is 9.51. The lowest BCUT2D eigenvalue weighted by molar-refractivity contribution is 1.09. The van der Waals surface area contributed by atoms with Crippen LogP contribution in [0.15, 0.2) is 170 Å². The highest BCUT2D eigenvalue weighted by atomic mass is 15.1. The van der Waals surface area contributed by atoms with Crippen LogP contribution in [0.1, 0.15) is 0 Å². The second kappa shape index (κ2) is 10.4. The van der Waals surface area contributed by atoms with Crippen molar-refractivity contribution in [3.8, 4) is 22.8 Å². The van der Waals surface area contributed by atoms with Gasteiger partial charge in [0.05, 0.1) is 38.8 Å². The molecule has 11 aromatic rings. The van der Waals surface area contributed by atoms with Gasteiger partial charge in [-0.25, -0.2) is 9.97 Å². The molecule has 4 nitrogen and oxygen atoms in total. The summed E-state index contributed by atoms with van der Waals surface area (Å²) in [4.78, 5) is 10.4. The molecule has 11 rings (SSSR count). The lowest BCUT2D eigenvalue weighted by Crippen LogP contribution is -2.01. The Morgan fingerprint density at radius 3 is 1.58 bits per heavy atom. The third-order valence-corrected chi connectivity index (χ3v) is 10.3. The highest BCUT2D eigenvalue weighted by Gasteiger charge is 2.23. The summed E-state index contributed by atoms with van der Waals surface area (Å²) in [6.45, 7) is 0. The van der Waals surface area contributed by atoms with E-state index in [-0.39, 0.29) is 0 Å². The average Bonchev–Trinajstić information content (AvgIpc) is 3.72. The van der Waals surface area contributed by atoms with Crippen LogP contribution in [-0.2, 0) is 0 Å². The number of rotatable bonds is 3. The molecule has 0 aliphatic carbocycles. The van der Waals surface area contributed by atoms with Crippen molar-refractivity contribution in [2.24, 2.45) is 0 Å². The van der Waals surface area contributed by atoms with Crippen molar-refractivity contribution in [3.05, 3.63) is 170 Å². The zero-order valence-corrected chi connectivity index (χ0v) is 27.0. The second-order valence-corrected chi connectivity index (χ2v) is 13.0. The molecular weight excluding hydrogens is 609 g/mol. The van der Waals surface area contributed by atoms with Crippen molar-refractivity contribution >= 4 is 76.2 Å². The van der Waals surface area contributed by atoms with Gasteiger partial charge in [-0.1, -0.05) is 121 Å². The number of aromatic nitrogens is 4. The summed E-state index contributed by atoms with van der Waals surface area (Å²) < 4.78 is 4.83. The number of nitrogens with zero attached hydrogens (tertiary/aromatic N) is 4. The first-order valence-electron chi connectivity index (χ1n) is 17.0. The standard InChI is InChI=1S/C46H28N4/c1-3-13-31(14-4-1)37-23-24-39-38(47-37)25-28-42(48-39)50-41-27-20-30-12-8-10-18-34(30)44(41)36-22-21-35-43-33-17-9-7-11-29(33)19-26-40(43)49(45(35)46(36)50)32-15-5-2-6-16-32/h1-28H. The van der Waals surface area contributed by atoms with E-state index in [0.717, 1.165) is 44.8 Å². The van der Waals surface area contributed by atoms with E-state index in [1.165, 1.54) is 54.1 Å². The van der Waals surface area contributed by atoms with Crippen molar-refractivity contribution in [3.63, 3.8) is 0 Å². The van der Waals surface area contributed by atoms with Crippen LogP contribution in [0.5, 0.6) is 0 Å². The fraction of sp³-hybridized carbons (Fsp3) is 0. The minimum atomic E-state index is 0.861. The number of pyridine rings is 2. The van der Waals surface area contributed by atoms with Crippen LogP contribution in [0.3, 0.4) is 0 Å². The van der Waals surface area contributed by atoms with Crippen molar-refractivity contribution in [1.29, 1.82) is 0 Å². The SMILES string of the molecule is c1ccc(-c2ccc3nc(-n4c5ccc6ccccc6c5c5ccc6c7c8ccccc8ccc7n(-c7ccccc7)c6c54)ccc3n2)cc1. The van der Waals surface area contributed by atoms with Gasteiger partial charge < -0.3 is 4.57 Å². The summed E-state index contributed by atoms with van der Waals surface area (Å²) in [5.74, 6) is 0.865. The predicted molar refractivity (Wildman–Crippen MR) is 209 cm³/mol. The molecule has 0 aliphatic rings. The Labute approximate surface area is 287 Å². The quantitative estimate of drug-likeness (QED) is 0.193. The van der Waals surface area contributed by atoms with Crippen LogP contribution < -0.4 is 0 Å². The molecular formula is C46H28N4. The molecule has 4 aromatic heterocycles. The number of para-hydroxylation sites is 1. The van der Waals surface area contributed by atoms with Gasteiger partial charge in [-0.15, -0.1) is 0 Å². The number of hydrogen-bond acceptors (Lipinski definition) is 2. The lowest BCUT2D eigenvalue weighted by Gasteiger charge is -2.12. The molecule has 0 amide bonds. The number of benzene rings is 7. The fourth-order valence-corrected chi connectivity index (χ4v) is 8.11. The van der Waals surface area contributed by atoms with E-state index in [1.54, 1.807) is 0 Å². The van der Waals surface area contributed by atoms with Gasteiger partial charge >= 0.3 is 0 Å². The minimum Gasteiger partial charge on any atom is -0.307 e. The maximum Gasteiger partial charge on any atom is 0.138 e. The number of hydrogen-bond donors (Lipinski definition) is 0. The topological polar surface area (TPSA) is 35.6 Å². The molecule has 4 heteroatoms. The van der Waals surface area contributed by atoms with Crippen molar-refractivity contribution in [2.45, 2.75) is 0 Å². The maximum absolute atomic E-state index is 5.34. The van der Waals surface area contributed by atoms with E-state index < -0.39 is 0 Å². The Hall–Kier alpha value is -6.78. The highest BCUT2D eigenvalue weighted by molar-refractivity contribution is 6.31. The summed E-state index contributed by atoms with van der Waals surface area (Å²) in [6.07, 6.45) is 0. The Kier molecular flexibility index (Phi) is 5.63.